The molecule has 1 aliphatic rings. The van der Waals surface area contributed by atoms with E-state index in [1.165, 1.54) is 39.3 Å². The van der Waals surface area contributed by atoms with Gasteiger partial charge in [-0.2, -0.15) is 0 Å². The van der Waals surface area contributed by atoms with Crippen LogP contribution in [-0.2, 0) is 0 Å². The molecule has 28 heavy (non-hydrogen) atoms. The smallest absolute Gasteiger partial charge is 0.132 e. The van der Waals surface area contributed by atoms with Crippen molar-refractivity contribution in [2.45, 2.75) is 33.9 Å². The maximum absolute atomic E-state index is 2.51. The van der Waals surface area contributed by atoms with Crippen LogP contribution in [0.2, 0.25) is 0 Å². The normalized spacial score (nSPS) is 17.2. The zero-order chi connectivity index (χ0) is 19.7. The summed E-state index contributed by atoms with van der Waals surface area (Å²) in [6.07, 6.45) is 0.121. The second-order valence-corrected chi connectivity index (χ2v) is 7.82. The minimum Gasteiger partial charge on any atom is -0.343 e. The molecule has 3 aromatic carbocycles. The first-order valence-electron chi connectivity index (χ1n) is 9.95. The van der Waals surface area contributed by atoms with Gasteiger partial charge in [0.05, 0.1) is 0 Å². The molecule has 0 spiro atoms. The zero-order valence-electron chi connectivity index (χ0n) is 17.2. The molecule has 1 aliphatic heterocycles. The summed E-state index contributed by atoms with van der Waals surface area (Å²) in [6, 6.07) is 28.6. The minimum atomic E-state index is 0.121. The Hall–Kier alpha value is -3.00. The fourth-order valence-electron chi connectivity index (χ4n) is 3.95. The number of rotatable bonds is 3. The van der Waals surface area contributed by atoms with Gasteiger partial charge >= 0.3 is 0 Å². The second-order valence-electron chi connectivity index (χ2n) is 7.82. The summed E-state index contributed by atoms with van der Waals surface area (Å²) < 4.78 is 0. The lowest BCUT2D eigenvalue weighted by Crippen LogP contribution is -2.46. The van der Waals surface area contributed by atoms with Crippen molar-refractivity contribution in [3.8, 4) is 0 Å². The Morgan fingerprint density at radius 1 is 0.643 bits per heavy atom. The molecule has 142 valence electrons. The lowest BCUT2D eigenvalue weighted by atomic mass is 10.0. The zero-order valence-corrected chi connectivity index (χ0v) is 17.2. The Morgan fingerprint density at radius 2 is 1.18 bits per heavy atom. The molecule has 0 amide bonds. The number of allylic oxidation sites excluding steroid dienone is 1. The quantitative estimate of drug-likeness (QED) is 0.512. The molecule has 0 saturated heterocycles. The second kappa shape index (κ2) is 7.55. The van der Waals surface area contributed by atoms with Crippen LogP contribution < -0.4 is 9.80 Å². The van der Waals surface area contributed by atoms with Gasteiger partial charge in [0, 0.05) is 23.6 Å². The van der Waals surface area contributed by atoms with Gasteiger partial charge in [0.25, 0.3) is 0 Å². The Kier molecular flexibility index (Phi) is 4.95. The summed E-state index contributed by atoms with van der Waals surface area (Å²) in [5.41, 5.74) is 9.09. The van der Waals surface area contributed by atoms with E-state index in [4.69, 9.17) is 0 Å². The Bertz CT molecular complexity index is 969. The van der Waals surface area contributed by atoms with Crippen LogP contribution in [0, 0.1) is 13.8 Å². The summed E-state index contributed by atoms with van der Waals surface area (Å²) in [5, 5.41) is 0. The van der Waals surface area contributed by atoms with Crippen LogP contribution >= 0.6 is 0 Å². The monoisotopic (exact) mass is 368 g/mol. The van der Waals surface area contributed by atoms with Crippen LogP contribution in [0.15, 0.2) is 90.1 Å². The van der Waals surface area contributed by atoms with Crippen LogP contribution in [0.1, 0.15) is 36.7 Å². The molecule has 2 nitrogen and oxygen atoms in total. The molecule has 0 aliphatic carbocycles. The third-order valence-electron chi connectivity index (χ3n) is 5.70. The van der Waals surface area contributed by atoms with E-state index >= 15 is 0 Å². The van der Waals surface area contributed by atoms with Crippen molar-refractivity contribution in [2.24, 2.45) is 0 Å². The predicted molar refractivity (Wildman–Crippen MR) is 120 cm³/mol. The highest BCUT2D eigenvalue weighted by molar-refractivity contribution is 5.63. The average Bonchev–Trinajstić information content (AvgIpc) is 2.72. The summed E-state index contributed by atoms with van der Waals surface area (Å²) >= 11 is 0. The largest absolute Gasteiger partial charge is 0.343 e. The van der Waals surface area contributed by atoms with E-state index in [0.717, 1.165) is 6.54 Å². The van der Waals surface area contributed by atoms with Crippen molar-refractivity contribution >= 4 is 11.4 Å². The molecule has 0 radical (unpaired) electrons. The molecule has 0 N–H and O–H groups in total. The van der Waals surface area contributed by atoms with E-state index in [-0.39, 0.29) is 6.17 Å². The van der Waals surface area contributed by atoms with Gasteiger partial charge in [0.1, 0.15) is 6.17 Å². The molecule has 2 heteroatoms. The summed E-state index contributed by atoms with van der Waals surface area (Å²) in [4.78, 5) is 4.99. The first-order valence-corrected chi connectivity index (χ1v) is 9.95. The fraction of sp³-hybridized carbons (Fsp3) is 0.231. The van der Waals surface area contributed by atoms with Gasteiger partial charge < -0.3 is 9.80 Å². The number of nitrogens with zero attached hydrogens (tertiary/aromatic N) is 2. The number of anilines is 2. The molecule has 0 bridgehead atoms. The highest BCUT2D eigenvalue weighted by atomic mass is 15.4. The van der Waals surface area contributed by atoms with E-state index in [1.807, 2.05) is 0 Å². The van der Waals surface area contributed by atoms with Gasteiger partial charge in [-0.1, -0.05) is 65.7 Å². The van der Waals surface area contributed by atoms with Gasteiger partial charge in [-0.15, -0.1) is 0 Å². The van der Waals surface area contributed by atoms with Crippen LogP contribution in [0.5, 0.6) is 0 Å². The Balaban J connectivity index is 1.89. The van der Waals surface area contributed by atoms with E-state index in [1.54, 1.807) is 0 Å². The standard InChI is InChI=1S/C26H28N2/c1-19-10-14-24(15-11-19)27-18-21(3)22(4)28(25-16-12-20(2)13-17-25)26(27)23-8-6-5-7-9-23/h5-17,26H,18H2,1-4H3. The van der Waals surface area contributed by atoms with Crippen molar-refractivity contribution in [1.82, 2.24) is 0 Å². The fourth-order valence-corrected chi connectivity index (χ4v) is 3.95. The van der Waals surface area contributed by atoms with E-state index in [0.29, 0.717) is 0 Å². The average molecular weight is 369 g/mol. The number of hydrogen-bond acceptors (Lipinski definition) is 2. The van der Waals surface area contributed by atoms with Gasteiger partial charge in [-0.05, 0) is 63.1 Å². The molecular weight excluding hydrogens is 340 g/mol. The molecule has 1 heterocycles. The maximum Gasteiger partial charge on any atom is 0.132 e. The lowest BCUT2D eigenvalue weighted by Gasteiger charge is -2.47. The molecule has 0 aromatic heterocycles. The van der Waals surface area contributed by atoms with Gasteiger partial charge in [0.2, 0.25) is 0 Å². The van der Waals surface area contributed by atoms with E-state index in [2.05, 4.69) is 116 Å². The highest BCUT2D eigenvalue weighted by Gasteiger charge is 2.33. The Morgan fingerprint density at radius 3 is 1.75 bits per heavy atom. The van der Waals surface area contributed by atoms with Crippen molar-refractivity contribution in [2.75, 3.05) is 16.3 Å². The van der Waals surface area contributed by atoms with Gasteiger partial charge in [-0.25, -0.2) is 0 Å². The van der Waals surface area contributed by atoms with Gasteiger partial charge in [0.15, 0.2) is 0 Å². The van der Waals surface area contributed by atoms with E-state index in [9.17, 15) is 0 Å². The Labute approximate surface area is 168 Å². The first-order chi connectivity index (χ1) is 13.5. The van der Waals surface area contributed by atoms with Crippen molar-refractivity contribution in [3.63, 3.8) is 0 Å². The van der Waals surface area contributed by atoms with Crippen LogP contribution in [0.3, 0.4) is 0 Å². The van der Waals surface area contributed by atoms with Gasteiger partial charge in [-0.3, -0.25) is 0 Å². The van der Waals surface area contributed by atoms with Crippen molar-refractivity contribution in [3.05, 3.63) is 107 Å². The molecule has 3 aromatic rings. The predicted octanol–water partition coefficient (Wildman–Crippen LogP) is 6.62. The number of benzene rings is 3. The topological polar surface area (TPSA) is 6.48 Å². The number of aryl methyl sites for hydroxylation is 2. The third-order valence-corrected chi connectivity index (χ3v) is 5.70. The molecule has 1 atom stereocenters. The SMILES string of the molecule is CC1=C(C)N(c2ccc(C)cc2)C(c2ccccc2)N(c2ccc(C)cc2)C1. The third kappa shape index (κ3) is 3.43. The van der Waals surface area contributed by atoms with Crippen LogP contribution in [0.25, 0.3) is 0 Å². The maximum atomic E-state index is 2.51. The first kappa shape index (κ1) is 18.4. The van der Waals surface area contributed by atoms with E-state index < -0.39 is 0 Å². The highest BCUT2D eigenvalue weighted by Crippen LogP contribution is 2.40. The van der Waals surface area contributed by atoms with Crippen LogP contribution in [0.4, 0.5) is 11.4 Å². The number of hydrogen-bond donors (Lipinski definition) is 0. The minimum absolute atomic E-state index is 0.121. The molecule has 0 fully saturated rings. The molecule has 4 rings (SSSR count). The molecular formula is C26H28N2. The summed E-state index contributed by atoms with van der Waals surface area (Å²) in [6.45, 7) is 9.71. The summed E-state index contributed by atoms with van der Waals surface area (Å²) in [7, 11) is 0. The molecule has 0 saturated carbocycles. The van der Waals surface area contributed by atoms with Crippen molar-refractivity contribution in [1.29, 1.82) is 0 Å². The van der Waals surface area contributed by atoms with Crippen molar-refractivity contribution < 1.29 is 0 Å². The lowest BCUT2D eigenvalue weighted by molar-refractivity contribution is 0.594. The molecule has 1 unspecified atom stereocenters. The van der Waals surface area contributed by atoms with Crippen LogP contribution in [-0.4, -0.2) is 6.54 Å². The summed E-state index contributed by atoms with van der Waals surface area (Å²) in [5.74, 6) is 0.